The van der Waals surface area contributed by atoms with E-state index >= 15 is 0 Å². The van der Waals surface area contributed by atoms with Crippen molar-refractivity contribution in [3.63, 3.8) is 0 Å². The van der Waals surface area contributed by atoms with Gasteiger partial charge in [-0.05, 0) is 25.0 Å². The van der Waals surface area contributed by atoms with Gasteiger partial charge in [0.15, 0.2) is 0 Å². The van der Waals surface area contributed by atoms with E-state index in [1.54, 1.807) is 6.26 Å². The van der Waals surface area contributed by atoms with Crippen molar-refractivity contribution in [1.29, 1.82) is 0 Å². The molecule has 1 amide bonds. The fourth-order valence-electron chi connectivity index (χ4n) is 2.94. The van der Waals surface area contributed by atoms with Gasteiger partial charge in [-0.15, -0.1) is 5.10 Å². The summed E-state index contributed by atoms with van der Waals surface area (Å²) in [6, 6.07) is 3.53. The Kier molecular flexibility index (Phi) is 5.38. The number of aromatic nitrogens is 3. The number of rotatable bonds is 7. The summed E-state index contributed by atoms with van der Waals surface area (Å²) in [5, 5.41) is 10.7. The van der Waals surface area contributed by atoms with Gasteiger partial charge >= 0.3 is 0 Å². The average molecular weight is 334 g/mol. The molecule has 23 heavy (non-hydrogen) atoms. The van der Waals surface area contributed by atoms with E-state index in [-0.39, 0.29) is 11.9 Å². The molecule has 1 saturated carbocycles. The average Bonchev–Trinajstić information content (AvgIpc) is 3.28. The van der Waals surface area contributed by atoms with Gasteiger partial charge in [0.2, 0.25) is 11.1 Å². The number of amides is 1. The molecule has 1 fully saturated rings. The summed E-state index contributed by atoms with van der Waals surface area (Å²) in [5.41, 5.74) is 0. The largest absolute Gasteiger partial charge is 0.467 e. The van der Waals surface area contributed by atoms with Crippen LogP contribution in [0.5, 0.6) is 0 Å². The third kappa shape index (κ3) is 4.60. The van der Waals surface area contributed by atoms with Gasteiger partial charge in [0.25, 0.3) is 0 Å². The van der Waals surface area contributed by atoms with Crippen LogP contribution >= 0.6 is 11.8 Å². The van der Waals surface area contributed by atoms with E-state index in [1.165, 1.54) is 37.4 Å². The summed E-state index contributed by atoms with van der Waals surface area (Å²) in [6.45, 7) is 1.90. The molecule has 1 unspecified atom stereocenters. The number of nitrogens with one attached hydrogen (secondary N) is 2. The van der Waals surface area contributed by atoms with Crippen molar-refractivity contribution >= 4 is 17.7 Å². The Labute approximate surface area is 139 Å². The molecule has 0 spiro atoms. The predicted octanol–water partition coefficient (Wildman–Crippen LogP) is 3.10. The van der Waals surface area contributed by atoms with Crippen molar-refractivity contribution in [2.24, 2.45) is 5.92 Å². The molecule has 1 aliphatic carbocycles. The summed E-state index contributed by atoms with van der Waals surface area (Å²) in [6.07, 6.45) is 7.80. The Bertz CT molecular complexity index is 620. The standard InChI is InChI=1S/C16H22N4O2S/c1-11(13-7-4-8-22-13)17-15(21)10-23-16-18-14(19-20-16)9-12-5-2-3-6-12/h4,7-8,11-12H,2-3,5-6,9-10H2,1H3,(H,17,21)(H,18,19,20). The zero-order valence-electron chi connectivity index (χ0n) is 13.2. The van der Waals surface area contributed by atoms with Gasteiger partial charge in [-0.2, -0.15) is 0 Å². The lowest BCUT2D eigenvalue weighted by atomic mass is 10.0. The van der Waals surface area contributed by atoms with E-state index in [0.29, 0.717) is 10.9 Å². The summed E-state index contributed by atoms with van der Waals surface area (Å²) < 4.78 is 5.27. The first-order chi connectivity index (χ1) is 11.2. The maximum Gasteiger partial charge on any atom is 0.231 e. The highest BCUT2D eigenvalue weighted by atomic mass is 32.2. The maximum absolute atomic E-state index is 12.0. The minimum atomic E-state index is -0.136. The number of H-pyrrole nitrogens is 1. The van der Waals surface area contributed by atoms with Gasteiger partial charge in [-0.1, -0.05) is 37.4 Å². The summed E-state index contributed by atoms with van der Waals surface area (Å²) in [7, 11) is 0. The molecule has 2 heterocycles. The Hall–Kier alpha value is -1.76. The van der Waals surface area contributed by atoms with Gasteiger partial charge < -0.3 is 9.73 Å². The number of furan rings is 1. The normalized spacial score (nSPS) is 16.6. The van der Waals surface area contributed by atoms with Crippen LogP contribution in [0.25, 0.3) is 0 Å². The third-order valence-corrected chi connectivity index (χ3v) is 5.00. The molecule has 1 aliphatic rings. The lowest BCUT2D eigenvalue weighted by molar-refractivity contribution is -0.119. The number of hydrogen-bond donors (Lipinski definition) is 2. The number of aromatic amines is 1. The Morgan fingerprint density at radius 1 is 1.52 bits per heavy atom. The molecule has 2 aromatic rings. The van der Waals surface area contributed by atoms with E-state index in [0.717, 1.165) is 23.9 Å². The van der Waals surface area contributed by atoms with Crippen molar-refractivity contribution in [1.82, 2.24) is 20.5 Å². The second kappa shape index (κ2) is 7.68. The maximum atomic E-state index is 12.0. The minimum Gasteiger partial charge on any atom is -0.467 e. The molecule has 0 radical (unpaired) electrons. The van der Waals surface area contributed by atoms with Crippen molar-refractivity contribution in [2.45, 2.75) is 50.2 Å². The number of nitrogens with zero attached hydrogens (tertiary/aromatic N) is 2. The van der Waals surface area contributed by atoms with Gasteiger partial charge in [0.1, 0.15) is 11.6 Å². The molecule has 6 nitrogen and oxygen atoms in total. The van der Waals surface area contributed by atoms with Crippen LogP contribution in [-0.2, 0) is 11.2 Å². The number of carbonyl (C=O) groups is 1. The van der Waals surface area contributed by atoms with Crippen molar-refractivity contribution in [3.8, 4) is 0 Å². The molecule has 2 N–H and O–H groups in total. The molecule has 7 heteroatoms. The van der Waals surface area contributed by atoms with Crippen molar-refractivity contribution in [3.05, 3.63) is 30.0 Å². The number of thioether (sulfide) groups is 1. The first-order valence-corrected chi connectivity index (χ1v) is 9.06. The zero-order valence-corrected chi connectivity index (χ0v) is 14.1. The molecule has 3 rings (SSSR count). The lowest BCUT2D eigenvalue weighted by Gasteiger charge is -2.10. The quantitative estimate of drug-likeness (QED) is 0.760. The summed E-state index contributed by atoms with van der Waals surface area (Å²) in [4.78, 5) is 16.4. The van der Waals surface area contributed by atoms with Crippen LogP contribution in [0.4, 0.5) is 0 Å². The zero-order chi connectivity index (χ0) is 16.1. The highest BCUT2D eigenvalue weighted by Gasteiger charge is 2.18. The molecule has 124 valence electrons. The topological polar surface area (TPSA) is 83.8 Å². The predicted molar refractivity (Wildman–Crippen MR) is 88.0 cm³/mol. The molecule has 0 bridgehead atoms. The fraction of sp³-hybridized carbons (Fsp3) is 0.562. The van der Waals surface area contributed by atoms with Crippen molar-refractivity contribution in [2.75, 3.05) is 5.75 Å². The minimum absolute atomic E-state index is 0.0546. The Morgan fingerprint density at radius 3 is 3.09 bits per heavy atom. The van der Waals surface area contributed by atoms with Gasteiger partial charge in [-0.3, -0.25) is 9.89 Å². The van der Waals surface area contributed by atoms with Crippen LogP contribution in [0.15, 0.2) is 28.0 Å². The Balaban J connectivity index is 1.42. The van der Waals surface area contributed by atoms with Crippen LogP contribution in [0.1, 0.15) is 50.2 Å². The number of carbonyl (C=O) groups excluding carboxylic acids is 1. The highest BCUT2D eigenvalue weighted by Crippen LogP contribution is 2.27. The van der Waals surface area contributed by atoms with Crippen LogP contribution in [0, 0.1) is 5.92 Å². The second-order valence-corrected chi connectivity index (χ2v) is 6.96. The molecular formula is C16H22N4O2S. The number of hydrogen-bond acceptors (Lipinski definition) is 5. The molecule has 0 aliphatic heterocycles. The van der Waals surface area contributed by atoms with E-state index in [4.69, 9.17) is 4.42 Å². The third-order valence-electron chi connectivity index (χ3n) is 4.15. The summed E-state index contributed by atoms with van der Waals surface area (Å²) in [5.74, 6) is 2.66. The van der Waals surface area contributed by atoms with E-state index in [1.807, 2.05) is 19.1 Å². The van der Waals surface area contributed by atoms with Crippen molar-refractivity contribution < 1.29 is 9.21 Å². The SMILES string of the molecule is CC(NC(=O)CSc1n[nH]c(CC2CCCC2)n1)c1ccco1. The molecule has 2 aromatic heterocycles. The smallest absolute Gasteiger partial charge is 0.231 e. The fourth-order valence-corrected chi connectivity index (χ4v) is 3.57. The van der Waals surface area contributed by atoms with E-state index in [9.17, 15) is 4.79 Å². The Morgan fingerprint density at radius 2 is 2.35 bits per heavy atom. The molecule has 0 saturated heterocycles. The highest BCUT2D eigenvalue weighted by molar-refractivity contribution is 7.99. The first kappa shape index (κ1) is 16.1. The van der Waals surface area contributed by atoms with Crippen LogP contribution in [0.2, 0.25) is 0 Å². The van der Waals surface area contributed by atoms with Gasteiger partial charge in [0, 0.05) is 6.42 Å². The lowest BCUT2D eigenvalue weighted by Crippen LogP contribution is -2.27. The molecular weight excluding hydrogens is 312 g/mol. The van der Waals surface area contributed by atoms with E-state index in [2.05, 4.69) is 20.5 Å². The molecule has 0 aromatic carbocycles. The van der Waals surface area contributed by atoms with Gasteiger partial charge in [0.05, 0.1) is 18.1 Å². The van der Waals surface area contributed by atoms with Crippen LogP contribution < -0.4 is 5.32 Å². The first-order valence-electron chi connectivity index (χ1n) is 8.07. The van der Waals surface area contributed by atoms with Gasteiger partial charge in [-0.25, -0.2) is 4.98 Å². The van der Waals surface area contributed by atoms with Crippen LogP contribution in [-0.4, -0.2) is 26.8 Å². The van der Waals surface area contributed by atoms with Crippen LogP contribution in [0.3, 0.4) is 0 Å². The second-order valence-electron chi connectivity index (χ2n) is 6.01. The molecule has 1 atom stereocenters. The monoisotopic (exact) mass is 334 g/mol. The van der Waals surface area contributed by atoms with E-state index < -0.39 is 0 Å². The summed E-state index contributed by atoms with van der Waals surface area (Å²) >= 11 is 1.35.